The third-order valence-electron chi connectivity index (χ3n) is 4.46. The Morgan fingerprint density at radius 1 is 1.33 bits per heavy atom. The quantitative estimate of drug-likeness (QED) is 0.910. The van der Waals surface area contributed by atoms with Crippen molar-refractivity contribution in [3.05, 3.63) is 29.1 Å². The van der Waals surface area contributed by atoms with Crippen molar-refractivity contribution in [1.29, 1.82) is 0 Å². The van der Waals surface area contributed by atoms with Gasteiger partial charge in [0.2, 0.25) is 0 Å². The summed E-state index contributed by atoms with van der Waals surface area (Å²) in [7, 11) is 0. The lowest BCUT2D eigenvalue weighted by atomic mass is 9.97. The number of carbonyl (C=O) groups is 1. The van der Waals surface area contributed by atoms with E-state index in [2.05, 4.69) is 40.8 Å². The van der Waals surface area contributed by atoms with Crippen LogP contribution in [0.25, 0.3) is 11.0 Å². The van der Waals surface area contributed by atoms with Crippen molar-refractivity contribution in [1.82, 2.24) is 14.9 Å². The van der Waals surface area contributed by atoms with Crippen molar-refractivity contribution in [2.24, 2.45) is 5.92 Å². The van der Waals surface area contributed by atoms with Gasteiger partial charge in [0.25, 0.3) is 0 Å². The average Bonchev–Trinajstić information content (AvgIpc) is 2.81. The molecule has 0 amide bonds. The number of carboxylic acid groups (broad SMARTS) is 1. The van der Waals surface area contributed by atoms with Gasteiger partial charge < -0.3 is 10.1 Å². The molecule has 1 fully saturated rings. The Morgan fingerprint density at radius 3 is 2.67 bits per heavy atom. The van der Waals surface area contributed by atoms with E-state index in [9.17, 15) is 4.79 Å². The maximum Gasteiger partial charge on any atom is 0.306 e. The number of imidazole rings is 1. The summed E-state index contributed by atoms with van der Waals surface area (Å²) in [6, 6.07) is 4.25. The third kappa shape index (κ3) is 2.93. The number of H-pyrrole nitrogens is 1. The van der Waals surface area contributed by atoms with E-state index in [4.69, 9.17) is 5.11 Å². The number of nitrogens with zero attached hydrogens (tertiary/aromatic N) is 2. The maximum absolute atomic E-state index is 11.0. The lowest BCUT2D eigenvalue weighted by Gasteiger charge is -2.29. The molecule has 0 saturated carbocycles. The number of rotatable bonds is 3. The van der Waals surface area contributed by atoms with Gasteiger partial charge in [-0.25, -0.2) is 4.98 Å². The summed E-state index contributed by atoms with van der Waals surface area (Å²) >= 11 is 0. The highest BCUT2D eigenvalue weighted by Gasteiger charge is 2.24. The zero-order valence-electron chi connectivity index (χ0n) is 12.5. The molecule has 0 bridgehead atoms. The minimum absolute atomic E-state index is 0.178. The minimum Gasteiger partial charge on any atom is -0.481 e. The van der Waals surface area contributed by atoms with Crippen molar-refractivity contribution in [3.8, 4) is 0 Å². The molecule has 2 N–H and O–H groups in total. The highest BCUT2D eigenvalue weighted by atomic mass is 16.4. The van der Waals surface area contributed by atoms with Gasteiger partial charge in [-0.3, -0.25) is 9.69 Å². The number of benzene rings is 1. The van der Waals surface area contributed by atoms with Crippen LogP contribution in [-0.4, -0.2) is 39.0 Å². The summed E-state index contributed by atoms with van der Waals surface area (Å²) in [5, 5.41) is 9.02. The number of likely N-dealkylation sites (tertiary alicyclic amines) is 1. The van der Waals surface area contributed by atoms with E-state index < -0.39 is 5.97 Å². The molecule has 1 aliphatic heterocycles. The summed E-state index contributed by atoms with van der Waals surface area (Å²) in [5.74, 6) is 0.121. The number of fused-ring (bicyclic) bond motifs is 1. The molecular weight excluding hydrogens is 266 g/mol. The van der Waals surface area contributed by atoms with E-state index >= 15 is 0 Å². The zero-order chi connectivity index (χ0) is 15.0. The monoisotopic (exact) mass is 287 g/mol. The van der Waals surface area contributed by atoms with Crippen LogP contribution in [0.2, 0.25) is 0 Å². The van der Waals surface area contributed by atoms with Crippen LogP contribution >= 0.6 is 0 Å². The normalized spacial score (nSPS) is 17.4. The Hall–Kier alpha value is -1.88. The van der Waals surface area contributed by atoms with Crippen molar-refractivity contribution in [2.75, 3.05) is 13.1 Å². The lowest BCUT2D eigenvalue weighted by Crippen LogP contribution is -2.36. The zero-order valence-corrected chi connectivity index (χ0v) is 12.5. The molecule has 3 rings (SSSR count). The van der Waals surface area contributed by atoms with Gasteiger partial charge in [-0.1, -0.05) is 0 Å². The summed E-state index contributed by atoms with van der Waals surface area (Å²) < 4.78 is 0. The summed E-state index contributed by atoms with van der Waals surface area (Å²) in [4.78, 5) is 21.3. The lowest BCUT2D eigenvalue weighted by molar-refractivity contribution is -0.143. The second kappa shape index (κ2) is 5.48. The molecule has 0 spiro atoms. The number of hydrogen-bond acceptors (Lipinski definition) is 3. The fourth-order valence-corrected chi connectivity index (χ4v) is 2.95. The Kier molecular flexibility index (Phi) is 3.68. The first kappa shape index (κ1) is 14.1. The smallest absolute Gasteiger partial charge is 0.306 e. The van der Waals surface area contributed by atoms with Crippen LogP contribution in [0.15, 0.2) is 12.1 Å². The minimum atomic E-state index is -0.663. The number of hydrogen-bond donors (Lipinski definition) is 2. The fraction of sp³-hybridized carbons (Fsp3) is 0.500. The van der Waals surface area contributed by atoms with Gasteiger partial charge in [-0.2, -0.15) is 0 Å². The molecule has 1 saturated heterocycles. The fourth-order valence-electron chi connectivity index (χ4n) is 2.95. The highest BCUT2D eigenvalue weighted by molar-refractivity contribution is 5.77. The Balaban J connectivity index is 1.70. The van der Waals surface area contributed by atoms with Gasteiger partial charge in [-0.15, -0.1) is 0 Å². The van der Waals surface area contributed by atoms with Crippen LogP contribution < -0.4 is 0 Å². The predicted octanol–water partition coefficient (Wildman–Crippen LogP) is 2.48. The molecule has 0 unspecified atom stereocenters. The van der Waals surface area contributed by atoms with Crippen molar-refractivity contribution >= 4 is 17.0 Å². The summed E-state index contributed by atoms with van der Waals surface area (Å²) in [6.07, 6.45) is 1.46. The number of aryl methyl sites for hydroxylation is 2. The van der Waals surface area contributed by atoms with E-state index in [0.717, 1.165) is 49.3 Å². The molecule has 21 heavy (non-hydrogen) atoms. The van der Waals surface area contributed by atoms with Crippen molar-refractivity contribution < 1.29 is 9.90 Å². The molecule has 1 aromatic heterocycles. The molecule has 1 aliphatic rings. The van der Waals surface area contributed by atoms with E-state index in [-0.39, 0.29) is 5.92 Å². The number of aromatic nitrogens is 2. The van der Waals surface area contributed by atoms with Gasteiger partial charge in [0, 0.05) is 0 Å². The van der Waals surface area contributed by atoms with E-state index in [1.165, 1.54) is 11.1 Å². The first-order valence-electron chi connectivity index (χ1n) is 7.44. The molecule has 5 nitrogen and oxygen atoms in total. The van der Waals surface area contributed by atoms with Crippen LogP contribution in [-0.2, 0) is 11.3 Å². The van der Waals surface area contributed by atoms with Gasteiger partial charge in [0.05, 0.1) is 23.5 Å². The number of aromatic amines is 1. The van der Waals surface area contributed by atoms with Crippen LogP contribution in [0.3, 0.4) is 0 Å². The molecule has 112 valence electrons. The van der Waals surface area contributed by atoms with Crippen molar-refractivity contribution in [3.63, 3.8) is 0 Å². The molecule has 0 radical (unpaired) electrons. The Bertz CT molecular complexity index is 630. The van der Waals surface area contributed by atoms with Gasteiger partial charge in [0.1, 0.15) is 5.82 Å². The van der Waals surface area contributed by atoms with Gasteiger partial charge >= 0.3 is 5.97 Å². The van der Waals surface area contributed by atoms with Crippen LogP contribution in [0.5, 0.6) is 0 Å². The molecule has 0 aliphatic carbocycles. The van der Waals surface area contributed by atoms with Crippen LogP contribution in [0.4, 0.5) is 0 Å². The molecule has 0 atom stereocenters. The first-order chi connectivity index (χ1) is 10.0. The van der Waals surface area contributed by atoms with Crippen LogP contribution in [0.1, 0.15) is 29.8 Å². The predicted molar refractivity (Wildman–Crippen MR) is 81.2 cm³/mol. The third-order valence-corrected chi connectivity index (χ3v) is 4.46. The Labute approximate surface area is 124 Å². The summed E-state index contributed by atoms with van der Waals surface area (Å²) in [6.45, 7) is 6.61. The first-order valence-corrected chi connectivity index (χ1v) is 7.44. The molecule has 1 aromatic carbocycles. The molecule has 2 heterocycles. The van der Waals surface area contributed by atoms with Crippen LogP contribution in [0, 0.1) is 19.8 Å². The standard InChI is InChI=1S/C16H21N3O2/c1-10-7-13-14(8-11(10)2)18-15(17-13)9-19-5-3-12(4-6-19)16(20)21/h7-8,12H,3-6,9H2,1-2H3,(H,17,18)(H,20,21). The Morgan fingerprint density at radius 2 is 2.00 bits per heavy atom. The second-order valence-corrected chi connectivity index (χ2v) is 6.03. The van der Waals surface area contributed by atoms with E-state index in [0.29, 0.717) is 0 Å². The van der Waals surface area contributed by atoms with Gasteiger partial charge in [0.15, 0.2) is 0 Å². The second-order valence-electron chi connectivity index (χ2n) is 6.03. The number of piperidine rings is 1. The topological polar surface area (TPSA) is 69.2 Å². The van der Waals surface area contributed by atoms with E-state index in [1.54, 1.807) is 0 Å². The maximum atomic E-state index is 11.0. The molecule has 2 aromatic rings. The SMILES string of the molecule is Cc1cc2nc(CN3CCC(C(=O)O)CC3)[nH]c2cc1C. The van der Waals surface area contributed by atoms with Crippen molar-refractivity contribution in [2.45, 2.75) is 33.2 Å². The molecular formula is C16H21N3O2. The average molecular weight is 287 g/mol. The number of aliphatic carboxylic acids is 1. The summed E-state index contributed by atoms with van der Waals surface area (Å²) in [5.41, 5.74) is 4.60. The molecule has 5 heteroatoms. The number of carboxylic acids is 1. The number of nitrogens with one attached hydrogen (secondary N) is 1. The largest absolute Gasteiger partial charge is 0.481 e. The van der Waals surface area contributed by atoms with Gasteiger partial charge in [-0.05, 0) is 63.0 Å². The van der Waals surface area contributed by atoms with E-state index in [1.807, 2.05) is 0 Å². The highest BCUT2D eigenvalue weighted by Crippen LogP contribution is 2.21.